The Bertz CT molecular complexity index is 368. The van der Waals surface area contributed by atoms with Crippen molar-refractivity contribution >= 4 is 28.9 Å². The number of aliphatic hydroxyl groups is 1. The molecule has 7 heteroatoms. The number of hydrogen-bond donors (Lipinski definition) is 2. The summed E-state index contributed by atoms with van der Waals surface area (Å²) in [5, 5.41) is 18.5. The molecule has 0 aliphatic carbocycles. The average molecular weight is 266 g/mol. The van der Waals surface area contributed by atoms with Crippen LogP contribution in [0.25, 0.3) is 0 Å². The van der Waals surface area contributed by atoms with Crippen molar-refractivity contribution in [2.75, 3.05) is 0 Å². The summed E-state index contributed by atoms with van der Waals surface area (Å²) in [7, 11) is 0. The van der Waals surface area contributed by atoms with Crippen LogP contribution in [0.4, 0.5) is 0 Å². The zero-order valence-electron chi connectivity index (χ0n) is 8.75. The predicted octanol–water partition coefficient (Wildman–Crippen LogP) is 1.71. The van der Waals surface area contributed by atoms with Crippen molar-refractivity contribution in [2.45, 2.75) is 32.2 Å². The van der Waals surface area contributed by atoms with Gasteiger partial charge >= 0.3 is 5.97 Å². The van der Waals surface area contributed by atoms with Crippen molar-refractivity contribution in [3.8, 4) is 0 Å². The van der Waals surface area contributed by atoms with Crippen LogP contribution in [0.1, 0.15) is 25.0 Å². The third-order valence-corrected chi connectivity index (χ3v) is 3.13. The molecule has 1 heterocycles. The molecule has 0 aromatic carbocycles. The van der Waals surface area contributed by atoms with Crippen LogP contribution in [0.15, 0.2) is 6.20 Å². The lowest BCUT2D eigenvalue weighted by Crippen LogP contribution is -2.28. The topological polar surface area (TPSA) is 79.7 Å². The molecule has 1 aromatic rings. The Morgan fingerprint density at radius 3 is 2.62 bits per heavy atom. The normalized spacial score (nSPS) is 16.8. The number of hydrogen-bond acceptors (Lipinski definition) is 5. The van der Waals surface area contributed by atoms with Gasteiger partial charge in [-0.2, -0.15) is 0 Å². The Morgan fingerprint density at radius 2 is 2.25 bits per heavy atom. The number of rotatable bonds is 5. The van der Waals surface area contributed by atoms with Gasteiger partial charge in [-0.05, 0) is 13.8 Å². The maximum absolute atomic E-state index is 11.0. The number of ether oxygens (including phenoxy) is 1. The fourth-order valence-electron chi connectivity index (χ4n) is 0.939. The van der Waals surface area contributed by atoms with Gasteiger partial charge in [-0.1, -0.05) is 11.6 Å². The van der Waals surface area contributed by atoms with E-state index in [1.807, 2.05) is 0 Å². The monoisotopic (exact) mass is 265 g/mol. The molecule has 0 spiro atoms. The Balaban J connectivity index is 2.80. The molecule has 0 saturated carbocycles. The van der Waals surface area contributed by atoms with Crippen LogP contribution in [-0.4, -0.2) is 33.4 Å². The lowest BCUT2D eigenvalue weighted by molar-refractivity contribution is -0.158. The van der Waals surface area contributed by atoms with Crippen LogP contribution in [-0.2, 0) is 9.53 Å². The molecule has 0 bridgehead atoms. The van der Waals surface area contributed by atoms with Crippen LogP contribution in [0.5, 0.6) is 0 Å². The van der Waals surface area contributed by atoms with Gasteiger partial charge in [0.1, 0.15) is 9.34 Å². The summed E-state index contributed by atoms with van der Waals surface area (Å²) in [6.07, 6.45) is -1.17. The molecular weight excluding hydrogens is 254 g/mol. The van der Waals surface area contributed by atoms with Crippen molar-refractivity contribution < 1.29 is 19.7 Å². The number of aromatic nitrogens is 1. The van der Waals surface area contributed by atoms with Gasteiger partial charge in [0.05, 0.1) is 18.4 Å². The largest absolute Gasteiger partial charge is 0.479 e. The molecule has 1 aromatic heterocycles. The van der Waals surface area contributed by atoms with E-state index in [0.717, 1.165) is 11.3 Å². The van der Waals surface area contributed by atoms with Crippen molar-refractivity contribution in [3.63, 3.8) is 0 Å². The van der Waals surface area contributed by atoms with Crippen LogP contribution in [0.2, 0.25) is 4.34 Å². The van der Waals surface area contributed by atoms with E-state index in [4.69, 9.17) is 21.4 Å². The second-order valence-electron chi connectivity index (χ2n) is 3.30. The SMILES string of the molecule is CC(O)C(C)OC(C(=O)O)c1ncc(Cl)s1. The first-order chi connectivity index (χ1) is 7.41. The van der Waals surface area contributed by atoms with Crippen LogP contribution in [0.3, 0.4) is 0 Å². The van der Waals surface area contributed by atoms with E-state index in [1.165, 1.54) is 13.1 Å². The van der Waals surface area contributed by atoms with E-state index < -0.39 is 24.3 Å². The minimum Gasteiger partial charge on any atom is -0.479 e. The highest BCUT2D eigenvalue weighted by molar-refractivity contribution is 7.15. The highest BCUT2D eigenvalue weighted by Crippen LogP contribution is 2.27. The van der Waals surface area contributed by atoms with E-state index in [1.54, 1.807) is 6.92 Å². The van der Waals surface area contributed by atoms with E-state index in [0.29, 0.717) is 4.34 Å². The van der Waals surface area contributed by atoms with Crippen LogP contribution < -0.4 is 0 Å². The van der Waals surface area contributed by atoms with Gasteiger partial charge < -0.3 is 14.9 Å². The smallest absolute Gasteiger partial charge is 0.340 e. The second-order valence-corrected chi connectivity index (χ2v) is 5.00. The van der Waals surface area contributed by atoms with Crippen LogP contribution in [0, 0.1) is 0 Å². The van der Waals surface area contributed by atoms with Gasteiger partial charge in [0.15, 0.2) is 0 Å². The third-order valence-electron chi connectivity index (χ3n) is 1.97. The summed E-state index contributed by atoms with van der Waals surface area (Å²) >= 11 is 6.71. The summed E-state index contributed by atoms with van der Waals surface area (Å²) in [5.74, 6) is -1.15. The van der Waals surface area contributed by atoms with Crippen molar-refractivity contribution in [1.82, 2.24) is 4.98 Å². The molecule has 90 valence electrons. The molecule has 2 N–H and O–H groups in total. The van der Waals surface area contributed by atoms with Gasteiger partial charge in [0, 0.05) is 0 Å². The van der Waals surface area contributed by atoms with Crippen LogP contribution >= 0.6 is 22.9 Å². The van der Waals surface area contributed by atoms with Gasteiger partial charge in [0.25, 0.3) is 0 Å². The van der Waals surface area contributed by atoms with Gasteiger partial charge in [-0.15, -0.1) is 11.3 Å². The van der Waals surface area contributed by atoms with Crippen molar-refractivity contribution in [3.05, 3.63) is 15.5 Å². The van der Waals surface area contributed by atoms with Gasteiger partial charge in [0.2, 0.25) is 6.10 Å². The molecular formula is C9H12ClNO4S. The van der Waals surface area contributed by atoms with Crippen molar-refractivity contribution in [2.24, 2.45) is 0 Å². The predicted molar refractivity (Wildman–Crippen MR) is 59.7 cm³/mol. The molecule has 0 saturated heterocycles. The quantitative estimate of drug-likeness (QED) is 0.847. The molecule has 16 heavy (non-hydrogen) atoms. The summed E-state index contributed by atoms with van der Waals surface area (Å²) in [6.45, 7) is 3.12. The van der Waals surface area contributed by atoms with Gasteiger partial charge in [-0.25, -0.2) is 9.78 Å². The number of carboxylic acid groups (broad SMARTS) is 1. The maximum Gasteiger partial charge on any atom is 0.340 e. The molecule has 0 amide bonds. The molecule has 0 aliphatic heterocycles. The lowest BCUT2D eigenvalue weighted by Gasteiger charge is -2.19. The third kappa shape index (κ3) is 3.41. The standard InChI is InChI=1S/C9H12ClNO4S/c1-4(12)5(2)15-7(9(13)14)8-11-3-6(10)16-8/h3-5,7,12H,1-2H3,(H,13,14). The van der Waals surface area contributed by atoms with Crippen molar-refractivity contribution in [1.29, 1.82) is 0 Å². The minimum atomic E-state index is -1.19. The Kier molecular flexibility index (Phi) is 4.67. The minimum absolute atomic E-state index is 0.269. The molecule has 1 rings (SSSR count). The zero-order chi connectivity index (χ0) is 12.3. The first kappa shape index (κ1) is 13.4. The number of nitrogens with zero attached hydrogens (tertiary/aromatic N) is 1. The molecule has 3 unspecified atom stereocenters. The number of aliphatic carboxylic acids is 1. The first-order valence-corrected chi connectivity index (χ1v) is 5.78. The summed E-state index contributed by atoms with van der Waals surface area (Å²) in [4.78, 5) is 14.8. The zero-order valence-corrected chi connectivity index (χ0v) is 10.3. The second kappa shape index (κ2) is 5.58. The van der Waals surface area contributed by atoms with E-state index >= 15 is 0 Å². The number of carbonyl (C=O) groups is 1. The van der Waals surface area contributed by atoms with Gasteiger partial charge in [-0.3, -0.25) is 0 Å². The fourth-order valence-corrected chi connectivity index (χ4v) is 1.90. The Labute approximate surface area is 102 Å². The summed E-state index contributed by atoms with van der Waals surface area (Å²) in [6, 6.07) is 0. The number of aliphatic hydroxyl groups excluding tert-OH is 1. The fraction of sp³-hybridized carbons (Fsp3) is 0.556. The summed E-state index contributed by atoms with van der Waals surface area (Å²) in [5.41, 5.74) is 0. The molecule has 5 nitrogen and oxygen atoms in total. The van der Waals surface area contributed by atoms with E-state index in [-0.39, 0.29) is 5.01 Å². The lowest BCUT2D eigenvalue weighted by atomic mass is 10.2. The maximum atomic E-state index is 11.0. The Hall–Kier alpha value is -0.690. The molecule has 0 aliphatic rings. The molecule has 0 radical (unpaired) electrons. The number of carboxylic acids is 1. The summed E-state index contributed by atoms with van der Waals surface area (Å²) < 4.78 is 5.61. The number of thiazole rings is 1. The highest BCUT2D eigenvalue weighted by Gasteiger charge is 2.27. The van der Waals surface area contributed by atoms with E-state index in [9.17, 15) is 9.90 Å². The number of halogens is 1. The molecule has 3 atom stereocenters. The highest BCUT2D eigenvalue weighted by atomic mass is 35.5. The Morgan fingerprint density at radius 1 is 1.62 bits per heavy atom. The first-order valence-electron chi connectivity index (χ1n) is 4.59. The molecule has 0 fully saturated rings. The van der Waals surface area contributed by atoms with E-state index in [2.05, 4.69) is 4.98 Å². The average Bonchev–Trinajstić information content (AvgIpc) is 2.59.